The summed E-state index contributed by atoms with van der Waals surface area (Å²) in [5, 5.41) is 14.9. The maximum atomic E-state index is 12.2. The van der Waals surface area contributed by atoms with E-state index in [0.717, 1.165) is 0 Å². The first-order valence-corrected chi connectivity index (χ1v) is 8.04. The maximum Gasteiger partial charge on any atom is 0.329 e. The SMILES string of the molecule is CC(C)n1c(N/N=C/c2cccc([N+](=O)[O-])c2)nc2c1c(=O)[nH]c(=O)n2C. The molecule has 0 amide bonds. The highest BCUT2D eigenvalue weighted by atomic mass is 16.6. The molecule has 0 unspecified atom stereocenters. The van der Waals surface area contributed by atoms with Crippen LogP contribution < -0.4 is 16.7 Å². The molecule has 0 radical (unpaired) electrons. The number of benzene rings is 1. The van der Waals surface area contributed by atoms with Gasteiger partial charge in [0, 0.05) is 30.8 Å². The van der Waals surface area contributed by atoms with E-state index in [1.165, 1.54) is 30.0 Å². The number of hydrazone groups is 1. The van der Waals surface area contributed by atoms with E-state index >= 15 is 0 Å². The Morgan fingerprint density at radius 3 is 2.78 bits per heavy atom. The minimum atomic E-state index is -0.562. The number of hydrogen-bond donors (Lipinski definition) is 2. The maximum absolute atomic E-state index is 12.2. The summed E-state index contributed by atoms with van der Waals surface area (Å²) in [6.07, 6.45) is 1.40. The number of hydrogen-bond acceptors (Lipinski definition) is 7. The second-order valence-corrected chi connectivity index (χ2v) is 6.11. The fourth-order valence-electron chi connectivity index (χ4n) is 2.67. The van der Waals surface area contributed by atoms with Crippen LogP contribution in [0, 0.1) is 10.1 Å². The van der Waals surface area contributed by atoms with Crippen LogP contribution in [0.1, 0.15) is 25.5 Å². The number of fused-ring (bicyclic) bond motifs is 1. The number of nitrogens with one attached hydrogen (secondary N) is 2. The monoisotopic (exact) mass is 371 g/mol. The lowest BCUT2D eigenvalue weighted by Gasteiger charge is -2.11. The van der Waals surface area contributed by atoms with Crippen LogP contribution in [0.2, 0.25) is 0 Å². The van der Waals surface area contributed by atoms with Gasteiger partial charge in [0.2, 0.25) is 5.95 Å². The predicted octanol–water partition coefficient (Wildman–Crippen LogP) is 1.36. The van der Waals surface area contributed by atoms with Gasteiger partial charge < -0.3 is 4.57 Å². The Morgan fingerprint density at radius 2 is 2.11 bits per heavy atom. The van der Waals surface area contributed by atoms with Gasteiger partial charge in [-0.05, 0) is 13.8 Å². The Balaban J connectivity index is 2.01. The molecule has 0 spiro atoms. The molecule has 3 aromatic rings. The Kier molecular flexibility index (Phi) is 4.59. The van der Waals surface area contributed by atoms with Crippen molar-refractivity contribution in [2.45, 2.75) is 19.9 Å². The van der Waals surface area contributed by atoms with Gasteiger partial charge in [0.1, 0.15) is 0 Å². The van der Waals surface area contributed by atoms with Crippen LogP contribution in [-0.2, 0) is 7.05 Å². The Hall–Kier alpha value is -3.76. The van der Waals surface area contributed by atoms with E-state index in [0.29, 0.717) is 5.56 Å². The predicted molar refractivity (Wildman–Crippen MR) is 100 cm³/mol. The van der Waals surface area contributed by atoms with Gasteiger partial charge in [-0.2, -0.15) is 10.1 Å². The van der Waals surface area contributed by atoms with Crippen LogP contribution in [0.25, 0.3) is 11.2 Å². The number of nitro benzene ring substituents is 1. The van der Waals surface area contributed by atoms with E-state index in [1.807, 2.05) is 13.8 Å². The van der Waals surface area contributed by atoms with Crippen LogP contribution in [-0.4, -0.2) is 30.2 Å². The van der Waals surface area contributed by atoms with Crippen molar-refractivity contribution in [1.29, 1.82) is 0 Å². The molecule has 0 aliphatic rings. The number of rotatable bonds is 5. The van der Waals surface area contributed by atoms with E-state index < -0.39 is 16.2 Å². The highest BCUT2D eigenvalue weighted by Gasteiger charge is 2.18. The van der Waals surface area contributed by atoms with Crippen LogP contribution in [0.15, 0.2) is 39.0 Å². The van der Waals surface area contributed by atoms with Crippen molar-refractivity contribution in [3.8, 4) is 0 Å². The number of H-pyrrole nitrogens is 1. The van der Waals surface area contributed by atoms with Crippen molar-refractivity contribution in [3.05, 3.63) is 60.8 Å². The fourth-order valence-corrected chi connectivity index (χ4v) is 2.67. The molecule has 0 aliphatic heterocycles. The molecule has 0 fully saturated rings. The van der Waals surface area contributed by atoms with Gasteiger partial charge in [0.05, 0.1) is 11.1 Å². The molecule has 2 aromatic heterocycles. The van der Waals surface area contributed by atoms with Crippen molar-refractivity contribution in [1.82, 2.24) is 19.1 Å². The number of imidazole rings is 1. The summed E-state index contributed by atoms with van der Waals surface area (Å²) in [5.74, 6) is 0.272. The minimum absolute atomic E-state index is 0.0464. The average molecular weight is 371 g/mol. The molecule has 27 heavy (non-hydrogen) atoms. The Morgan fingerprint density at radius 1 is 1.37 bits per heavy atom. The molecule has 140 valence electrons. The zero-order valence-corrected chi connectivity index (χ0v) is 14.8. The molecule has 0 saturated carbocycles. The molecule has 11 nitrogen and oxygen atoms in total. The van der Waals surface area contributed by atoms with Gasteiger partial charge in [-0.25, -0.2) is 10.2 Å². The Bertz CT molecular complexity index is 1170. The topological polar surface area (TPSA) is 140 Å². The van der Waals surface area contributed by atoms with Gasteiger partial charge in [0.15, 0.2) is 11.2 Å². The molecule has 2 heterocycles. The van der Waals surface area contributed by atoms with Crippen molar-refractivity contribution in [2.24, 2.45) is 12.1 Å². The molecule has 3 rings (SSSR count). The second kappa shape index (κ2) is 6.86. The first-order chi connectivity index (χ1) is 12.8. The van der Waals surface area contributed by atoms with E-state index in [2.05, 4.69) is 20.5 Å². The standard InChI is InChI=1S/C16H17N7O4/c1-9(2)22-12-13(21(3)16(25)19-14(12)24)18-15(22)20-17-8-10-5-4-6-11(7-10)23(26)27/h4-9H,1-3H3,(H,18,20)(H,19,24,25)/b17-8+. The molecule has 0 atom stereocenters. The third kappa shape index (κ3) is 3.34. The smallest absolute Gasteiger partial charge is 0.300 e. The summed E-state index contributed by atoms with van der Waals surface area (Å²) >= 11 is 0. The molecule has 0 aliphatic carbocycles. The van der Waals surface area contributed by atoms with Crippen molar-refractivity contribution >= 4 is 29.0 Å². The van der Waals surface area contributed by atoms with Crippen LogP contribution in [0.3, 0.4) is 0 Å². The van der Waals surface area contributed by atoms with Crippen molar-refractivity contribution < 1.29 is 4.92 Å². The Labute approximate surface area is 152 Å². The minimum Gasteiger partial charge on any atom is -0.300 e. The average Bonchev–Trinajstić information content (AvgIpc) is 3.00. The zero-order chi connectivity index (χ0) is 19.7. The summed E-state index contributed by atoms with van der Waals surface area (Å²) in [4.78, 5) is 40.9. The largest absolute Gasteiger partial charge is 0.329 e. The van der Waals surface area contributed by atoms with Crippen molar-refractivity contribution in [3.63, 3.8) is 0 Å². The number of aromatic amines is 1. The van der Waals surface area contributed by atoms with Crippen LogP contribution >= 0.6 is 0 Å². The third-order valence-corrected chi connectivity index (χ3v) is 3.93. The van der Waals surface area contributed by atoms with Gasteiger partial charge in [-0.15, -0.1) is 0 Å². The van der Waals surface area contributed by atoms with E-state index in [1.54, 1.807) is 16.7 Å². The normalized spacial score (nSPS) is 11.6. The van der Waals surface area contributed by atoms with Gasteiger partial charge >= 0.3 is 5.69 Å². The van der Waals surface area contributed by atoms with Crippen molar-refractivity contribution in [2.75, 3.05) is 5.43 Å². The number of nitro groups is 1. The van der Waals surface area contributed by atoms with Crippen LogP contribution in [0.4, 0.5) is 11.6 Å². The first kappa shape index (κ1) is 18.0. The van der Waals surface area contributed by atoms with E-state index in [-0.39, 0.29) is 28.8 Å². The molecular formula is C16H17N7O4. The zero-order valence-electron chi connectivity index (χ0n) is 14.8. The first-order valence-electron chi connectivity index (χ1n) is 8.04. The molecule has 1 aromatic carbocycles. The second-order valence-electron chi connectivity index (χ2n) is 6.11. The number of non-ortho nitro benzene ring substituents is 1. The summed E-state index contributed by atoms with van der Waals surface area (Å²) in [7, 11) is 1.51. The highest BCUT2D eigenvalue weighted by Crippen LogP contribution is 2.20. The van der Waals surface area contributed by atoms with E-state index in [4.69, 9.17) is 0 Å². The summed E-state index contributed by atoms with van der Waals surface area (Å²) in [6, 6.07) is 5.85. The fraction of sp³-hybridized carbons (Fsp3) is 0.250. The van der Waals surface area contributed by atoms with Gasteiger partial charge in [0.25, 0.3) is 11.2 Å². The molecule has 2 N–H and O–H groups in total. The quantitative estimate of drug-likeness (QED) is 0.394. The lowest BCUT2D eigenvalue weighted by atomic mass is 10.2. The van der Waals surface area contributed by atoms with Gasteiger partial charge in [-0.1, -0.05) is 12.1 Å². The molecule has 0 bridgehead atoms. The summed E-state index contributed by atoms with van der Waals surface area (Å²) in [5.41, 5.74) is 2.59. The molecule has 11 heteroatoms. The van der Waals surface area contributed by atoms with E-state index in [9.17, 15) is 19.7 Å². The van der Waals surface area contributed by atoms with Gasteiger partial charge in [-0.3, -0.25) is 24.5 Å². The molecule has 0 saturated heterocycles. The lowest BCUT2D eigenvalue weighted by molar-refractivity contribution is -0.384. The number of nitrogens with zero attached hydrogens (tertiary/aromatic N) is 5. The summed E-state index contributed by atoms with van der Waals surface area (Å²) in [6.45, 7) is 3.72. The number of anilines is 1. The highest BCUT2D eigenvalue weighted by molar-refractivity contribution is 5.81. The number of aryl methyl sites for hydroxylation is 1. The summed E-state index contributed by atoms with van der Waals surface area (Å²) < 4.78 is 2.86. The third-order valence-electron chi connectivity index (χ3n) is 3.93. The molecular weight excluding hydrogens is 354 g/mol. The van der Waals surface area contributed by atoms with Crippen LogP contribution in [0.5, 0.6) is 0 Å². The number of aromatic nitrogens is 4. The lowest BCUT2D eigenvalue weighted by Crippen LogP contribution is -2.29.